The molecule has 0 amide bonds. The number of rotatable bonds is 63. The quantitative estimate of drug-likeness (QED) is 0.0222. The third-order valence-electron chi connectivity index (χ3n) is 15.1. The number of unbranched alkanes of at least 4 members (excludes halogenated alkanes) is 32. The molecule has 0 heterocycles. The lowest BCUT2D eigenvalue weighted by Gasteiger charge is -2.21. The van der Waals surface area contributed by atoms with Gasteiger partial charge in [0.2, 0.25) is 0 Å². The third kappa shape index (κ3) is 57.6. The summed E-state index contributed by atoms with van der Waals surface area (Å²) in [7, 11) is -9.88. The maximum atomic E-state index is 13.0. The van der Waals surface area contributed by atoms with Crippen molar-refractivity contribution in [2.75, 3.05) is 39.6 Å². The van der Waals surface area contributed by atoms with Crippen LogP contribution >= 0.6 is 15.6 Å². The van der Waals surface area contributed by atoms with Crippen LogP contribution in [0, 0.1) is 11.8 Å². The molecule has 83 heavy (non-hydrogen) atoms. The molecule has 0 bridgehead atoms. The molecule has 6 atom stereocenters. The number of carbonyl (C=O) groups is 4. The van der Waals surface area contributed by atoms with Gasteiger partial charge in [-0.1, -0.05) is 266 Å². The van der Waals surface area contributed by atoms with Gasteiger partial charge < -0.3 is 33.8 Å². The Morgan fingerprint density at radius 1 is 0.349 bits per heavy atom. The Kier molecular flexibility index (Phi) is 55.2. The monoisotopic (exact) mass is 1230 g/mol. The summed E-state index contributed by atoms with van der Waals surface area (Å²) >= 11 is 0. The topological polar surface area (TPSA) is 237 Å². The average Bonchev–Trinajstić information content (AvgIpc) is 3.45. The van der Waals surface area contributed by atoms with Crippen molar-refractivity contribution < 1.29 is 80.2 Å². The van der Waals surface area contributed by atoms with Gasteiger partial charge in [0.15, 0.2) is 12.2 Å². The van der Waals surface area contributed by atoms with Crippen LogP contribution in [0.25, 0.3) is 0 Å². The van der Waals surface area contributed by atoms with E-state index in [1.54, 1.807) is 0 Å². The molecule has 0 fully saturated rings. The second-order valence-electron chi connectivity index (χ2n) is 23.9. The maximum Gasteiger partial charge on any atom is 0.472 e. The average molecular weight is 1230 g/mol. The SMILES string of the molecule is CCCCCCCCCCCCCCCCCCCC(=O)O[C@H](COC(=O)CCCCCCCCC(C)CC)COP(=O)(O)OC[C@@H](O)COP(=O)(O)OC[C@@H](COC(=O)CCCCCCCCC)OC(=O)CCCCCCCCC(C)C. The minimum absolute atomic E-state index is 0.102. The van der Waals surface area contributed by atoms with E-state index in [2.05, 4.69) is 41.5 Å². The first kappa shape index (κ1) is 81.1. The van der Waals surface area contributed by atoms with Crippen LogP contribution in [0.3, 0.4) is 0 Å². The van der Waals surface area contributed by atoms with E-state index >= 15 is 0 Å². The molecular formula is C64H124O17P2. The third-order valence-corrected chi connectivity index (χ3v) is 17.0. The van der Waals surface area contributed by atoms with E-state index in [1.165, 1.54) is 116 Å². The van der Waals surface area contributed by atoms with Gasteiger partial charge >= 0.3 is 39.5 Å². The fourth-order valence-corrected chi connectivity index (χ4v) is 11.1. The minimum atomic E-state index is -4.94. The smallest absolute Gasteiger partial charge is 0.462 e. The van der Waals surface area contributed by atoms with Crippen molar-refractivity contribution in [1.29, 1.82) is 0 Å². The van der Waals surface area contributed by atoms with Gasteiger partial charge in [-0.05, 0) is 37.5 Å². The maximum absolute atomic E-state index is 13.0. The van der Waals surface area contributed by atoms with Crippen molar-refractivity contribution in [2.24, 2.45) is 11.8 Å². The fraction of sp³-hybridized carbons (Fsp3) is 0.938. The number of hydrogen-bond donors (Lipinski definition) is 3. The Bertz CT molecular complexity index is 1630. The van der Waals surface area contributed by atoms with Crippen molar-refractivity contribution >= 4 is 39.5 Å². The molecule has 492 valence electrons. The van der Waals surface area contributed by atoms with E-state index in [9.17, 15) is 43.2 Å². The van der Waals surface area contributed by atoms with Crippen LogP contribution in [0.4, 0.5) is 0 Å². The highest BCUT2D eigenvalue weighted by molar-refractivity contribution is 7.47. The Labute approximate surface area is 505 Å². The highest BCUT2D eigenvalue weighted by Gasteiger charge is 2.30. The number of esters is 4. The van der Waals surface area contributed by atoms with Gasteiger partial charge in [0.1, 0.15) is 19.3 Å². The number of phosphoric ester groups is 2. The second kappa shape index (κ2) is 56.6. The summed E-state index contributed by atoms with van der Waals surface area (Å²) in [6.07, 6.45) is 39.3. The van der Waals surface area contributed by atoms with Gasteiger partial charge in [-0.15, -0.1) is 0 Å². The summed E-state index contributed by atoms with van der Waals surface area (Å²) in [4.78, 5) is 72.0. The summed E-state index contributed by atoms with van der Waals surface area (Å²) in [6, 6.07) is 0. The highest BCUT2D eigenvalue weighted by atomic mass is 31.2. The van der Waals surface area contributed by atoms with E-state index in [-0.39, 0.29) is 25.7 Å². The van der Waals surface area contributed by atoms with E-state index in [4.69, 9.17) is 37.0 Å². The van der Waals surface area contributed by atoms with Gasteiger partial charge in [-0.2, -0.15) is 0 Å². The second-order valence-corrected chi connectivity index (χ2v) is 26.8. The number of aliphatic hydroxyl groups is 1. The van der Waals surface area contributed by atoms with Crippen molar-refractivity contribution in [3.8, 4) is 0 Å². The summed E-state index contributed by atoms with van der Waals surface area (Å²) in [5, 5.41) is 10.5. The largest absolute Gasteiger partial charge is 0.472 e. The zero-order valence-corrected chi connectivity index (χ0v) is 55.3. The molecule has 0 aromatic heterocycles. The van der Waals surface area contributed by atoms with Crippen LogP contribution in [-0.4, -0.2) is 96.7 Å². The summed E-state index contributed by atoms with van der Waals surface area (Å²) in [5.41, 5.74) is 0. The molecule has 0 spiro atoms. The molecule has 0 saturated carbocycles. The minimum Gasteiger partial charge on any atom is -0.462 e. The van der Waals surface area contributed by atoms with Gasteiger partial charge in [-0.3, -0.25) is 37.3 Å². The molecule has 0 aromatic rings. The van der Waals surface area contributed by atoms with Crippen LogP contribution < -0.4 is 0 Å². The van der Waals surface area contributed by atoms with E-state index in [0.717, 1.165) is 115 Å². The molecule has 0 aliphatic heterocycles. The molecule has 0 saturated heterocycles. The van der Waals surface area contributed by atoms with Crippen LogP contribution in [0.1, 0.15) is 318 Å². The lowest BCUT2D eigenvalue weighted by atomic mass is 10.00. The lowest BCUT2D eigenvalue weighted by molar-refractivity contribution is -0.161. The van der Waals surface area contributed by atoms with Crippen LogP contribution in [-0.2, 0) is 65.4 Å². The summed E-state index contributed by atoms with van der Waals surface area (Å²) in [6.45, 7) is 9.32. The Morgan fingerprint density at radius 3 is 0.916 bits per heavy atom. The van der Waals surface area contributed by atoms with E-state index < -0.39 is 97.5 Å². The molecule has 3 unspecified atom stereocenters. The van der Waals surface area contributed by atoms with Crippen molar-refractivity contribution in [2.45, 2.75) is 336 Å². The first-order valence-corrected chi connectivity index (χ1v) is 36.5. The lowest BCUT2D eigenvalue weighted by Crippen LogP contribution is -2.30. The van der Waals surface area contributed by atoms with Crippen LogP contribution in [0.5, 0.6) is 0 Å². The number of phosphoric acid groups is 2. The normalized spacial score (nSPS) is 14.6. The van der Waals surface area contributed by atoms with Crippen molar-refractivity contribution in [3.05, 3.63) is 0 Å². The fourth-order valence-electron chi connectivity index (χ4n) is 9.50. The number of aliphatic hydroxyl groups excluding tert-OH is 1. The predicted octanol–water partition coefficient (Wildman–Crippen LogP) is 17.7. The van der Waals surface area contributed by atoms with Gasteiger partial charge in [0.05, 0.1) is 26.4 Å². The first-order valence-electron chi connectivity index (χ1n) is 33.5. The molecule has 0 aliphatic carbocycles. The highest BCUT2D eigenvalue weighted by Crippen LogP contribution is 2.45. The molecule has 0 aromatic carbocycles. The standard InChI is InChI=1S/C64H124O17P2/c1-7-10-12-14-16-17-18-19-20-21-22-23-24-25-27-36-42-48-63(68)80-59(53-75-62(67)47-41-35-31-29-33-39-45-57(6)9-3)54-78-82(70,71)76-50-58(65)51-77-83(72,73)79-55-60(52-74-61(66)46-40-34-26-15-13-11-8-2)81-64(69)49-43-37-30-28-32-38-44-56(4)5/h56-60,65H,7-55H2,1-6H3,(H,70,71)(H,72,73)/t57?,58-,59-,60-/m1/s1. The zero-order valence-electron chi connectivity index (χ0n) is 53.5. The predicted molar refractivity (Wildman–Crippen MR) is 331 cm³/mol. The molecule has 0 rings (SSSR count). The molecule has 17 nitrogen and oxygen atoms in total. The number of ether oxygens (including phenoxy) is 4. The van der Waals surface area contributed by atoms with Gasteiger partial charge in [-0.25, -0.2) is 9.13 Å². The molecule has 0 aliphatic rings. The Balaban J connectivity index is 5.18. The Morgan fingerprint density at radius 2 is 0.614 bits per heavy atom. The van der Waals surface area contributed by atoms with Gasteiger partial charge in [0.25, 0.3) is 0 Å². The van der Waals surface area contributed by atoms with Crippen LogP contribution in [0.2, 0.25) is 0 Å². The molecule has 0 radical (unpaired) electrons. The summed E-state index contributed by atoms with van der Waals surface area (Å²) < 4.78 is 67.9. The zero-order chi connectivity index (χ0) is 61.5. The first-order chi connectivity index (χ1) is 39.9. The number of carbonyl (C=O) groups excluding carboxylic acids is 4. The van der Waals surface area contributed by atoms with Crippen molar-refractivity contribution in [1.82, 2.24) is 0 Å². The molecule has 3 N–H and O–H groups in total. The van der Waals surface area contributed by atoms with E-state index in [0.29, 0.717) is 31.6 Å². The Hall–Kier alpha value is -1.94. The number of hydrogen-bond acceptors (Lipinski definition) is 15. The molecular weight excluding hydrogens is 1100 g/mol. The summed E-state index contributed by atoms with van der Waals surface area (Å²) in [5.74, 6) is -0.742. The van der Waals surface area contributed by atoms with Crippen LogP contribution in [0.15, 0.2) is 0 Å². The van der Waals surface area contributed by atoms with Crippen molar-refractivity contribution in [3.63, 3.8) is 0 Å². The van der Waals surface area contributed by atoms with Gasteiger partial charge in [0, 0.05) is 25.7 Å². The van der Waals surface area contributed by atoms with E-state index in [1.807, 2.05) is 0 Å². The molecule has 19 heteroatoms.